The molecule has 0 radical (unpaired) electrons. The van der Waals surface area contributed by atoms with Crippen molar-refractivity contribution in [2.45, 2.75) is 6.61 Å². The third-order valence-electron chi connectivity index (χ3n) is 1.14. The van der Waals surface area contributed by atoms with Crippen molar-refractivity contribution >= 4 is 0 Å². The third-order valence-corrected chi connectivity index (χ3v) is 1.14. The van der Waals surface area contributed by atoms with Crippen LogP contribution in [-0.4, -0.2) is 18.7 Å². The van der Waals surface area contributed by atoms with Gasteiger partial charge in [-0.15, -0.1) is 0 Å². The fourth-order valence-corrected chi connectivity index (χ4v) is 0.660. The Kier molecular flexibility index (Phi) is 2.79. The molecule has 0 unspecified atom stereocenters. The van der Waals surface area contributed by atoms with E-state index in [2.05, 4.69) is 9.72 Å². The van der Waals surface area contributed by atoms with Crippen molar-refractivity contribution in [3.8, 4) is 11.6 Å². The van der Waals surface area contributed by atoms with Gasteiger partial charge in [-0.2, -0.15) is 8.78 Å². The number of methoxy groups -OCH3 is 1. The lowest BCUT2D eigenvalue weighted by atomic mass is 10.4. The molecule has 0 aliphatic heterocycles. The van der Waals surface area contributed by atoms with Crippen molar-refractivity contribution in [1.82, 2.24) is 4.98 Å². The normalized spacial score (nSPS) is 10.0. The van der Waals surface area contributed by atoms with Crippen molar-refractivity contribution in [3.63, 3.8) is 0 Å². The lowest BCUT2D eigenvalue weighted by Gasteiger charge is -2.03. The average Bonchev–Trinajstić information content (AvgIpc) is 2.05. The molecule has 3 nitrogen and oxygen atoms in total. The van der Waals surface area contributed by atoms with Gasteiger partial charge < -0.3 is 9.47 Å². The zero-order valence-electron chi connectivity index (χ0n) is 6.33. The van der Waals surface area contributed by atoms with Gasteiger partial charge in [0.1, 0.15) is 5.75 Å². The van der Waals surface area contributed by atoms with Crippen LogP contribution in [0, 0.1) is 0 Å². The van der Waals surface area contributed by atoms with Crippen molar-refractivity contribution in [2.75, 3.05) is 7.11 Å². The van der Waals surface area contributed by atoms with E-state index in [0.717, 1.165) is 0 Å². The molecule has 0 fully saturated rings. The van der Waals surface area contributed by atoms with Crippen molar-refractivity contribution in [1.29, 1.82) is 0 Å². The first-order valence-electron chi connectivity index (χ1n) is 3.17. The second-order valence-electron chi connectivity index (χ2n) is 1.91. The fourth-order valence-electron chi connectivity index (χ4n) is 0.660. The van der Waals surface area contributed by atoms with Gasteiger partial charge in [0.2, 0.25) is 5.88 Å². The Morgan fingerprint density at radius 1 is 1.42 bits per heavy atom. The number of ether oxygens (including phenoxy) is 2. The van der Waals surface area contributed by atoms with Crippen LogP contribution < -0.4 is 9.47 Å². The molecule has 0 spiro atoms. The summed E-state index contributed by atoms with van der Waals surface area (Å²) in [4.78, 5) is 3.67. The first kappa shape index (κ1) is 8.70. The number of halogens is 2. The van der Waals surface area contributed by atoms with Crippen LogP contribution in [0.4, 0.5) is 8.78 Å². The van der Waals surface area contributed by atoms with Crippen LogP contribution in [0.1, 0.15) is 0 Å². The summed E-state index contributed by atoms with van der Waals surface area (Å²) in [7, 11) is 1.44. The Morgan fingerprint density at radius 3 is 2.58 bits per heavy atom. The monoisotopic (exact) mass is 175 g/mol. The van der Waals surface area contributed by atoms with E-state index in [1.807, 2.05) is 0 Å². The summed E-state index contributed by atoms with van der Waals surface area (Å²) in [6, 6.07) is 2.80. The Morgan fingerprint density at radius 2 is 2.17 bits per heavy atom. The van der Waals surface area contributed by atoms with E-state index < -0.39 is 6.61 Å². The number of rotatable bonds is 3. The summed E-state index contributed by atoms with van der Waals surface area (Å²) >= 11 is 0. The van der Waals surface area contributed by atoms with Crippen LogP contribution in [-0.2, 0) is 0 Å². The van der Waals surface area contributed by atoms with Crippen LogP contribution in [0.15, 0.2) is 18.3 Å². The number of hydrogen-bond donors (Lipinski definition) is 0. The lowest BCUT2D eigenvalue weighted by molar-refractivity contribution is -0.0501. The maximum Gasteiger partial charge on any atom is 0.387 e. The molecule has 0 aromatic carbocycles. The van der Waals surface area contributed by atoms with E-state index >= 15 is 0 Å². The summed E-state index contributed by atoms with van der Waals surface area (Å²) < 4.78 is 32.0. The quantitative estimate of drug-likeness (QED) is 0.700. The minimum atomic E-state index is -2.82. The average molecular weight is 175 g/mol. The minimum Gasteiger partial charge on any atom is -0.481 e. The minimum absolute atomic E-state index is 0.0193. The molecule has 1 aromatic heterocycles. The van der Waals surface area contributed by atoms with Crippen LogP contribution in [0.5, 0.6) is 11.6 Å². The predicted octanol–water partition coefficient (Wildman–Crippen LogP) is 1.69. The molecule has 5 heteroatoms. The maximum absolute atomic E-state index is 11.6. The highest BCUT2D eigenvalue weighted by atomic mass is 19.3. The van der Waals surface area contributed by atoms with E-state index in [4.69, 9.17) is 4.74 Å². The molecule has 1 heterocycles. The summed E-state index contributed by atoms with van der Waals surface area (Å²) in [6.45, 7) is -2.82. The number of nitrogens with zero attached hydrogens (tertiary/aromatic N) is 1. The molecule has 0 aliphatic carbocycles. The van der Waals surface area contributed by atoms with Gasteiger partial charge in [0.05, 0.1) is 13.3 Å². The predicted molar refractivity (Wildman–Crippen MR) is 37.4 cm³/mol. The Balaban J connectivity index is 2.65. The Labute approximate surface area is 67.9 Å². The van der Waals surface area contributed by atoms with Crippen molar-refractivity contribution < 1.29 is 18.3 Å². The molecule has 1 rings (SSSR count). The number of alkyl halides is 2. The lowest BCUT2D eigenvalue weighted by Crippen LogP contribution is -2.02. The first-order valence-corrected chi connectivity index (χ1v) is 3.17. The molecule has 12 heavy (non-hydrogen) atoms. The SMILES string of the molecule is COc1ccc(OC(F)F)cn1. The van der Waals surface area contributed by atoms with Gasteiger partial charge in [0.25, 0.3) is 0 Å². The zero-order valence-corrected chi connectivity index (χ0v) is 6.33. The molecular formula is C7H7F2NO2. The Bertz CT molecular complexity index is 238. The largest absolute Gasteiger partial charge is 0.481 e. The first-order chi connectivity index (χ1) is 5.72. The van der Waals surface area contributed by atoms with Crippen LogP contribution >= 0.6 is 0 Å². The molecule has 0 aliphatic rings. The van der Waals surface area contributed by atoms with Crippen molar-refractivity contribution in [3.05, 3.63) is 18.3 Å². The van der Waals surface area contributed by atoms with E-state index in [0.29, 0.717) is 5.88 Å². The van der Waals surface area contributed by atoms with E-state index in [9.17, 15) is 8.78 Å². The topological polar surface area (TPSA) is 31.4 Å². The fraction of sp³-hybridized carbons (Fsp3) is 0.286. The molecule has 0 N–H and O–H groups in total. The second kappa shape index (κ2) is 3.85. The molecule has 0 amide bonds. The Hall–Kier alpha value is -1.39. The summed E-state index contributed by atoms with van der Waals surface area (Å²) in [5.41, 5.74) is 0. The smallest absolute Gasteiger partial charge is 0.387 e. The van der Waals surface area contributed by atoms with Crippen LogP contribution in [0.25, 0.3) is 0 Å². The number of pyridine rings is 1. The van der Waals surface area contributed by atoms with Gasteiger partial charge in [0.15, 0.2) is 0 Å². The van der Waals surface area contributed by atoms with Gasteiger partial charge in [-0.25, -0.2) is 4.98 Å². The third kappa shape index (κ3) is 2.34. The molecule has 0 bridgehead atoms. The maximum atomic E-state index is 11.6. The standard InChI is InChI=1S/C7H7F2NO2/c1-11-6-3-2-5(4-10-6)12-7(8)9/h2-4,7H,1H3. The second-order valence-corrected chi connectivity index (χ2v) is 1.91. The molecule has 0 saturated carbocycles. The van der Waals surface area contributed by atoms with Crippen molar-refractivity contribution in [2.24, 2.45) is 0 Å². The van der Waals surface area contributed by atoms with Gasteiger partial charge >= 0.3 is 6.61 Å². The van der Waals surface area contributed by atoms with Crippen LogP contribution in [0.2, 0.25) is 0 Å². The molecule has 0 saturated heterocycles. The highest BCUT2D eigenvalue weighted by Gasteiger charge is 2.03. The van der Waals surface area contributed by atoms with Gasteiger partial charge in [-0.05, 0) is 6.07 Å². The summed E-state index contributed by atoms with van der Waals surface area (Å²) in [5, 5.41) is 0. The molecule has 66 valence electrons. The molecule has 1 aromatic rings. The molecular weight excluding hydrogens is 168 g/mol. The number of hydrogen-bond acceptors (Lipinski definition) is 3. The summed E-state index contributed by atoms with van der Waals surface area (Å²) in [5.74, 6) is 0.377. The zero-order chi connectivity index (χ0) is 8.97. The highest BCUT2D eigenvalue weighted by molar-refractivity contribution is 5.22. The molecule has 0 atom stereocenters. The van der Waals surface area contributed by atoms with Gasteiger partial charge in [-0.1, -0.05) is 0 Å². The van der Waals surface area contributed by atoms with Gasteiger partial charge in [-0.3, -0.25) is 0 Å². The number of aromatic nitrogens is 1. The van der Waals surface area contributed by atoms with Crippen LogP contribution in [0.3, 0.4) is 0 Å². The van der Waals surface area contributed by atoms with E-state index in [1.54, 1.807) is 0 Å². The highest BCUT2D eigenvalue weighted by Crippen LogP contribution is 2.15. The van der Waals surface area contributed by atoms with E-state index in [1.165, 1.54) is 25.4 Å². The van der Waals surface area contributed by atoms with Gasteiger partial charge in [0, 0.05) is 6.07 Å². The van der Waals surface area contributed by atoms with E-state index in [-0.39, 0.29) is 5.75 Å². The summed E-state index contributed by atoms with van der Waals surface area (Å²) in [6.07, 6.45) is 1.17.